The Bertz CT molecular complexity index is 607. The number of ether oxygens (including phenoxy) is 2. The van der Waals surface area contributed by atoms with E-state index in [1.54, 1.807) is 18.2 Å². The number of rotatable bonds is 6. The van der Waals surface area contributed by atoms with E-state index in [9.17, 15) is 4.79 Å². The minimum absolute atomic E-state index is 0. The van der Waals surface area contributed by atoms with Crippen molar-refractivity contribution in [2.24, 2.45) is 5.73 Å². The second kappa shape index (κ2) is 8.27. The molecule has 1 aromatic heterocycles. The maximum absolute atomic E-state index is 11.9. The second-order valence-corrected chi connectivity index (χ2v) is 4.19. The van der Waals surface area contributed by atoms with E-state index in [-0.39, 0.29) is 24.9 Å². The monoisotopic (exact) mass is 328 g/mol. The van der Waals surface area contributed by atoms with Crippen molar-refractivity contribution in [1.29, 1.82) is 0 Å². The molecule has 0 spiro atoms. The fraction of sp³-hybridized carbons (Fsp3) is 0.333. The number of halogens is 1. The van der Waals surface area contributed by atoms with E-state index in [2.05, 4.69) is 20.8 Å². The molecule has 0 saturated heterocycles. The molecule has 22 heavy (non-hydrogen) atoms. The Hall–Kier alpha value is -2.23. The van der Waals surface area contributed by atoms with Crippen LogP contribution in [-0.2, 0) is 9.53 Å². The molecule has 0 aliphatic rings. The number of aromatic nitrogens is 4. The van der Waals surface area contributed by atoms with Crippen molar-refractivity contribution in [3.05, 3.63) is 24.5 Å². The van der Waals surface area contributed by atoms with Crippen LogP contribution in [0.15, 0.2) is 24.5 Å². The Morgan fingerprint density at radius 3 is 2.82 bits per heavy atom. The van der Waals surface area contributed by atoms with Gasteiger partial charge in [-0.2, -0.15) is 4.68 Å². The summed E-state index contributed by atoms with van der Waals surface area (Å²) in [4.78, 5) is 11.9. The van der Waals surface area contributed by atoms with Gasteiger partial charge in [-0.25, -0.2) is 0 Å². The molecule has 2 rings (SSSR count). The molecule has 1 aromatic carbocycles. The van der Waals surface area contributed by atoms with Gasteiger partial charge in [-0.15, -0.1) is 17.5 Å². The molecule has 0 aliphatic heterocycles. The highest BCUT2D eigenvalue weighted by Gasteiger charge is 2.15. The average Bonchev–Trinajstić information content (AvgIpc) is 3.01. The molecule has 0 aliphatic carbocycles. The zero-order valence-corrected chi connectivity index (χ0v) is 12.9. The number of carbonyl (C=O) groups is 1. The smallest absolute Gasteiger partial charge is 0.243 e. The predicted octanol–water partition coefficient (Wildman–Crippen LogP) is 0.00490. The van der Waals surface area contributed by atoms with Crippen LogP contribution in [0.4, 0.5) is 5.69 Å². The number of hydrogen-bond acceptors (Lipinski definition) is 7. The highest BCUT2D eigenvalue weighted by Crippen LogP contribution is 2.25. The fourth-order valence-corrected chi connectivity index (χ4v) is 1.71. The minimum Gasteiger partial charge on any atom is -0.494 e. The zero-order valence-electron chi connectivity index (χ0n) is 12.1. The third-order valence-corrected chi connectivity index (χ3v) is 2.73. The Morgan fingerprint density at radius 2 is 2.23 bits per heavy atom. The van der Waals surface area contributed by atoms with Gasteiger partial charge in [0.25, 0.3) is 0 Å². The van der Waals surface area contributed by atoms with Crippen LogP contribution in [0.2, 0.25) is 0 Å². The van der Waals surface area contributed by atoms with Gasteiger partial charge >= 0.3 is 0 Å². The standard InChI is InChI=1S/C12H16N6O3.ClH/c1-20-6-9(13)12(19)15-8-3-4-11(21-2)10(5-8)18-7-14-16-17-18;/h3-5,7,9H,6,13H2,1-2H3,(H,15,19);1H. The van der Waals surface area contributed by atoms with Crippen molar-refractivity contribution in [1.82, 2.24) is 20.2 Å². The van der Waals surface area contributed by atoms with Crippen LogP contribution < -0.4 is 15.8 Å². The van der Waals surface area contributed by atoms with Crippen LogP contribution in [0.1, 0.15) is 0 Å². The fourth-order valence-electron chi connectivity index (χ4n) is 1.71. The third kappa shape index (κ3) is 4.13. The third-order valence-electron chi connectivity index (χ3n) is 2.73. The van der Waals surface area contributed by atoms with Crippen LogP contribution >= 0.6 is 12.4 Å². The van der Waals surface area contributed by atoms with Crippen molar-refractivity contribution in [3.63, 3.8) is 0 Å². The molecule has 9 nitrogen and oxygen atoms in total. The summed E-state index contributed by atoms with van der Waals surface area (Å²) < 4.78 is 11.5. The summed E-state index contributed by atoms with van der Waals surface area (Å²) >= 11 is 0. The Morgan fingerprint density at radius 1 is 1.45 bits per heavy atom. The van der Waals surface area contributed by atoms with Gasteiger partial charge in [0.05, 0.1) is 13.7 Å². The van der Waals surface area contributed by atoms with Crippen LogP contribution in [0.5, 0.6) is 5.75 Å². The van der Waals surface area contributed by atoms with Crippen LogP contribution in [0.3, 0.4) is 0 Å². The molecular weight excluding hydrogens is 312 g/mol. The summed E-state index contributed by atoms with van der Waals surface area (Å²) in [7, 11) is 3.02. The Kier molecular flexibility index (Phi) is 6.70. The molecule has 120 valence electrons. The maximum atomic E-state index is 11.9. The summed E-state index contributed by atoms with van der Waals surface area (Å²) in [5.41, 5.74) is 6.82. The zero-order chi connectivity index (χ0) is 15.2. The molecule has 2 aromatic rings. The maximum Gasteiger partial charge on any atom is 0.243 e. The summed E-state index contributed by atoms with van der Waals surface area (Å²) in [6.45, 7) is 0.141. The number of methoxy groups -OCH3 is 2. The molecule has 10 heteroatoms. The lowest BCUT2D eigenvalue weighted by atomic mass is 10.2. The first kappa shape index (κ1) is 17.8. The quantitative estimate of drug-likeness (QED) is 0.766. The number of tetrazole rings is 1. The SMILES string of the molecule is COCC(N)C(=O)Nc1ccc(OC)c(-n2cnnn2)c1.Cl. The number of nitrogens with zero attached hydrogens (tertiary/aromatic N) is 4. The van der Waals surface area contributed by atoms with Gasteiger partial charge in [0.2, 0.25) is 5.91 Å². The molecule has 1 amide bonds. The van der Waals surface area contributed by atoms with Gasteiger partial charge < -0.3 is 20.5 Å². The minimum atomic E-state index is -0.742. The van der Waals surface area contributed by atoms with Crippen LogP contribution in [-0.4, -0.2) is 53.0 Å². The summed E-state index contributed by atoms with van der Waals surface area (Å²) in [5, 5.41) is 13.6. The van der Waals surface area contributed by atoms with Gasteiger partial charge in [-0.05, 0) is 28.6 Å². The van der Waals surface area contributed by atoms with E-state index in [1.807, 2.05) is 0 Å². The van der Waals surface area contributed by atoms with Crippen molar-refractivity contribution in [2.45, 2.75) is 6.04 Å². The highest BCUT2D eigenvalue weighted by atomic mass is 35.5. The van der Waals surface area contributed by atoms with E-state index < -0.39 is 6.04 Å². The van der Waals surface area contributed by atoms with Crippen LogP contribution in [0, 0.1) is 0 Å². The molecule has 0 saturated carbocycles. The number of carbonyl (C=O) groups excluding carboxylic acids is 1. The molecule has 0 radical (unpaired) electrons. The first-order valence-electron chi connectivity index (χ1n) is 6.12. The highest BCUT2D eigenvalue weighted by molar-refractivity contribution is 5.95. The summed E-state index contributed by atoms with van der Waals surface area (Å²) in [6, 6.07) is 4.35. The lowest BCUT2D eigenvalue weighted by Crippen LogP contribution is -2.39. The van der Waals surface area contributed by atoms with E-state index in [4.69, 9.17) is 15.2 Å². The number of nitrogens with one attached hydrogen (secondary N) is 1. The van der Waals surface area contributed by atoms with Gasteiger partial charge in [0.1, 0.15) is 23.8 Å². The number of nitrogens with two attached hydrogens (primary N) is 1. The molecule has 1 unspecified atom stereocenters. The average molecular weight is 329 g/mol. The molecule has 1 heterocycles. The van der Waals surface area contributed by atoms with E-state index in [0.717, 1.165) is 0 Å². The molecule has 1 atom stereocenters. The topological polar surface area (TPSA) is 117 Å². The first-order valence-corrected chi connectivity index (χ1v) is 6.12. The molecule has 0 bridgehead atoms. The van der Waals surface area contributed by atoms with Gasteiger partial charge in [0, 0.05) is 12.8 Å². The first-order chi connectivity index (χ1) is 10.2. The van der Waals surface area contributed by atoms with Crippen molar-refractivity contribution < 1.29 is 14.3 Å². The summed E-state index contributed by atoms with van der Waals surface area (Å²) in [6.07, 6.45) is 1.43. The van der Waals surface area contributed by atoms with Crippen molar-refractivity contribution in [3.8, 4) is 11.4 Å². The van der Waals surface area contributed by atoms with Gasteiger partial charge in [0.15, 0.2) is 0 Å². The molecule has 3 N–H and O–H groups in total. The molecule has 0 fully saturated rings. The lowest BCUT2D eigenvalue weighted by Gasteiger charge is -2.13. The Labute approximate surface area is 133 Å². The van der Waals surface area contributed by atoms with Crippen molar-refractivity contribution >= 4 is 24.0 Å². The second-order valence-electron chi connectivity index (χ2n) is 4.19. The Balaban J connectivity index is 0.00000242. The van der Waals surface area contributed by atoms with Crippen LogP contribution in [0.25, 0.3) is 5.69 Å². The largest absolute Gasteiger partial charge is 0.494 e. The normalized spacial score (nSPS) is 11.4. The number of amides is 1. The number of anilines is 1. The van der Waals surface area contributed by atoms with Gasteiger partial charge in [-0.1, -0.05) is 0 Å². The van der Waals surface area contributed by atoms with E-state index in [0.29, 0.717) is 17.1 Å². The lowest BCUT2D eigenvalue weighted by molar-refractivity contribution is -0.118. The van der Waals surface area contributed by atoms with E-state index >= 15 is 0 Å². The van der Waals surface area contributed by atoms with Gasteiger partial charge in [-0.3, -0.25) is 4.79 Å². The summed E-state index contributed by atoms with van der Waals surface area (Å²) in [5.74, 6) is 0.228. The van der Waals surface area contributed by atoms with Crippen molar-refractivity contribution in [2.75, 3.05) is 26.1 Å². The number of benzene rings is 1. The molecular formula is C12H17ClN6O3. The van der Waals surface area contributed by atoms with E-state index in [1.165, 1.54) is 25.2 Å². The number of hydrogen-bond donors (Lipinski definition) is 2. The predicted molar refractivity (Wildman–Crippen MR) is 81.4 cm³/mol.